The fraction of sp³-hybridized carbons (Fsp3) is 0.385. The van der Waals surface area contributed by atoms with E-state index in [4.69, 9.17) is 15.3 Å². The lowest BCUT2D eigenvalue weighted by atomic mass is 10.2. The second-order valence-corrected chi connectivity index (χ2v) is 4.23. The number of primary amides is 1. The van der Waals surface area contributed by atoms with Crippen LogP contribution in [0.15, 0.2) is 24.3 Å². The van der Waals surface area contributed by atoms with E-state index in [-0.39, 0.29) is 12.5 Å². The number of amides is 2. The van der Waals surface area contributed by atoms with E-state index < -0.39 is 5.91 Å². The molecule has 2 N–H and O–H groups in total. The van der Waals surface area contributed by atoms with Gasteiger partial charge in [0, 0.05) is 12.1 Å². The van der Waals surface area contributed by atoms with Crippen LogP contribution in [0.5, 0.6) is 5.75 Å². The van der Waals surface area contributed by atoms with E-state index in [1.54, 1.807) is 24.3 Å². The predicted octanol–water partition coefficient (Wildman–Crippen LogP) is 0.718. The molecule has 1 fully saturated rings. The first-order valence-electron chi connectivity index (χ1n) is 6.13. The molecule has 1 aliphatic heterocycles. The summed E-state index contributed by atoms with van der Waals surface area (Å²) >= 11 is 0. The average Bonchev–Trinajstić information content (AvgIpc) is 2.46. The van der Waals surface area contributed by atoms with Crippen LogP contribution >= 0.6 is 0 Å². The Kier molecular flexibility index (Phi) is 4.35. The molecule has 19 heavy (non-hydrogen) atoms. The number of nitrogens with two attached hydrogens (primary N) is 1. The minimum atomic E-state index is -0.540. The van der Waals surface area contributed by atoms with Gasteiger partial charge in [0.2, 0.25) is 0 Å². The molecular formula is C13H16N2O4. The predicted molar refractivity (Wildman–Crippen MR) is 67.4 cm³/mol. The van der Waals surface area contributed by atoms with Gasteiger partial charge in [-0.1, -0.05) is 0 Å². The molecule has 0 spiro atoms. The molecule has 1 saturated heterocycles. The van der Waals surface area contributed by atoms with Gasteiger partial charge in [0.05, 0.1) is 6.61 Å². The second-order valence-electron chi connectivity index (χ2n) is 4.23. The number of hydrogen-bond acceptors (Lipinski definition) is 4. The van der Waals surface area contributed by atoms with Crippen LogP contribution in [0.4, 0.5) is 0 Å². The minimum Gasteiger partial charge on any atom is -0.484 e. The third-order valence-electron chi connectivity index (χ3n) is 2.71. The average molecular weight is 264 g/mol. The summed E-state index contributed by atoms with van der Waals surface area (Å²) in [5.74, 6) is -0.210. The number of hydroxylamine groups is 2. The highest BCUT2D eigenvalue weighted by Gasteiger charge is 2.19. The quantitative estimate of drug-likeness (QED) is 0.868. The topological polar surface area (TPSA) is 81.9 Å². The highest BCUT2D eigenvalue weighted by atomic mass is 16.7. The zero-order valence-electron chi connectivity index (χ0n) is 10.5. The lowest BCUT2D eigenvalue weighted by Crippen LogP contribution is -2.35. The van der Waals surface area contributed by atoms with Gasteiger partial charge in [-0.3, -0.25) is 14.4 Å². The molecule has 1 heterocycles. The zero-order chi connectivity index (χ0) is 13.7. The van der Waals surface area contributed by atoms with E-state index in [1.807, 2.05) is 0 Å². The summed E-state index contributed by atoms with van der Waals surface area (Å²) < 4.78 is 5.12. The molecular weight excluding hydrogens is 248 g/mol. The number of hydrogen-bond donors (Lipinski definition) is 1. The van der Waals surface area contributed by atoms with Gasteiger partial charge in [0.1, 0.15) is 5.75 Å². The number of nitrogens with zero attached hydrogens (tertiary/aromatic N) is 1. The van der Waals surface area contributed by atoms with Gasteiger partial charge in [0.15, 0.2) is 6.61 Å². The van der Waals surface area contributed by atoms with Gasteiger partial charge in [-0.15, -0.1) is 0 Å². The smallest absolute Gasteiger partial charge is 0.277 e. The third-order valence-corrected chi connectivity index (χ3v) is 2.71. The molecule has 0 aromatic heterocycles. The van der Waals surface area contributed by atoms with Crippen LogP contribution in [-0.2, 0) is 9.63 Å². The van der Waals surface area contributed by atoms with E-state index in [2.05, 4.69) is 0 Å². The van der Waals surface area contributed by atoms with E-state index in [9.17, 15) is 9.59 Å². The van der Waals surface area contributed by atoms with Crippen LogP contribution < -0.4 is 10.5 Å². The Morgan fingerprint density at radius 3 is 2.58 bits per heavy atom. The first-order chi connectivity index (χ1) is 9.16. The van der Waals surface area contributed by atoms with Gasteiger partial charge in [-0.05, 0) is 37.1 Å². The van der Waals surface area contributed by atoms with Gasteiger partial charge in [-0.25, -0.2) is 5.06 Å². The molecule has 1 aromatic rings. The summed E-state index contributed by atoms with van der Waals surface area (Å²) in [6.45, 7) is 1.01. The molecule has 0 saturated carbocycles. The van der Waals surface area contributed by atoms with Crippen LogP contribution in [0.3, 0.4) is 0 Å². The van der Waals surface area contributed by atoms with E-state index in [1.165, 1.54) is 5.06 Å². The molecule has 0 unspecified atom stereocenters. The molecule has 0 radical (unpaired) electrons. The van der Waals surface area contributed by atoms with Crippen LogP contribution in [0.2, 0.25) is 0 Å². The summed E-state index contributed by atoms with van der Waals surface area (Å²) in [4.78, 5) is 27.9. The van der Waals surface area contributed by atoms with Crippen molar-refractivity contribution in [3.63, 3.8) is 0 Å². The summed E-state index contributed by atoms with van der Waals surface area (Å²) in [5, 5.41) is 1.38. The van der Waals surface area contributed by atoms with E-state index in [0.29, 0.717) is 24.5 Å². The maximum atomic E-state index is 12.1. The normalized spacial score (nSPS) is 15.1. The Balaban J connectivity index is 1.97. The molecule has 6 heteroatoms. The summed E-state index contributed by atoms with van der Waals surface area (Å²) in [5.41, 5.74) is 5.50. The molecule has 6 nitrogen and oxygen atoms in total. The van der Waals surface area contributed by atoms with Crippen LogP contribution in [0.25, 0.3) is 0 Å². The number of rotatable bonds is 4. The Morgan fingerprint density at radius 1 is 1.26 bits per heavy atom. The van der Waals surface area contributed by atoms with Crippen molar-refractivity contribution in [3.05, 3.63) is 29.8 Å². The summed E-state index contributed by atoms with van der Waals surface area (Å²) in [6.07, 6.45) is 1.93. The van der Waals surface area contributed by atoms with Crippen molar-refractivity contribution in [2.24, 2.45) is 5.73 Å². The van der Waals surface area contributed by atoms with Crippen molar-refractivity contribution < 1.29 is 19.2 Å². The third kappa shape index (κ3) is 3.69. The van der Waals surface area contributed by atoms with Gasteiger partial charge < -0.3 is 10.5 Å². The molecule has 2 amide bonds. The first kappa shape index (κ1) is 13.4. The van der Waals surface area contributed by atoms with Crippen LogP contribution in [-0.4, -0.2) is 36.6 Å². The maximum Gasteiger partial charge on any atom is 0.277 e. The Hall–Kier alpha value is -2.08. The van der Waals surface area contributed by atoms with Crippen molar-refractivity contribution in [1.29, 1.82) is 0 Å². The zero-order valence-corrected chi connectivity index (χ0v) is 10.5. The summed E-state index contributed by atoms with van der Waals surface area (Å²) in [7, 11) is 0. The highest BCUT2D eigenvalue weighted by Crippen LogP contribution is 2.15. The minimum absolute atomic E-state index is 0.166. The SMILES string of the molecule is NC(=O)COc1ccc(C(=O)N2CCCCO2)cc1. The fourth-order valence-electron chi connectivity index (χ4n) is 1.75. The number of carbonyl (C=O) groups is 2. The van der Waals surface area contributed by atoms with Gasteiger partial charge in [-0.2, -0.15) is 0 Å². The number of carbonyl (C=O) groups excluding carboxylic acids is 2. The molecule has 0 atom stereocenters. The molecule has 1 aromatic carbocycles. The molecule has 102 valence electrons. The molecule has 0 aliphatic carbocycles. The van der Waals surface area contributed by atoms with Gasteiger partial charge >= 0.3 is 0 Å². The number of ether oxygens (including phenoxy) is 1. The second kappa shape index (κ2) is 6.19. The van der Waals surface area contributed by atoms with Gasteiger partial charge in [0.25, 0.3) is 11.8 Å². The van der Waals surface area contributed by atoms with Crippen molar-refractivity contribution in [2.45, 2.75) is 12.8 Å². The molecule has 0 bridgehead atoms. The number of benzene rings is 1. The van der Waals surface area contributed by atoms with Crippen molar-refractivity contribution >= 4 is 11.8 Å². The Bertz CT molecular complexity index is 452. The fourth-order valence-corrected chi connectivity index (χ4v) is 1.75. The Morgan fingerprint density at radius 2 is 2.00 bits per heavy atom. The van der Waals surface area contributed by atoms with Crippen molar-refractivity contribution in [3.8, 4) is 5.75 Å². The van der Waals surface area contributed by atoms with Crippen LogP contribution in [0, 0.1) is 0 Å². The largest absolute Gasteiger partial charge is 0.484 e. The van der Waals surface area contributed by atoms with Crippen molar-refractivity contribution in [1.82, 2.24) is 5.06 Å². The van der Waals surface area contributed by atoms with E-state index in [0.717, 1.165) is 12.8 Å². The lowest BCUT2D eigenvalue weighted by Gasteiger charge is -2.25. The maximum absolute atomic E-state index is 12.1. The van der Waals surface area contributed by atoms with Crippen molar-refractivity contribution in [2.75, 3.05) is 19.8 Å². The molecule has 2 rings (SSSR count). The van der Waals surface area contributed by atoms with E-state index >= 15 is 0 Å². The summed E-state index contributed by atoms with van der Waals surface area (Å²) in [6, 6.07) is 6.52. The standard InChI is InChI=1S/C13H16N2O4/c14-12(16)9-18-11-5-3-10(4-6-11)13(17)15-7-1-2-8-19-15/h3-6H,1-2,7-9H2,(H2,14,16). The lowest BCUT2D eigenvalue weighted by molar-refractivity contribution is -0.144. The van der Waals surface area contributed by atoms with Crippen LogP contribution in [0.1, 0.15) is 23.2 Å². The highest BCUT2D eigenvalue weighted by molar-refractivity contribution is 5.93. The first-order valence-corrected chi connectivity index (χ1v) is 6.13. The monoisotopic (exact) mass is 264 g/mol. The Labute approximate surface area is 111 Å². The molecule has 1 aliphatic rings.